The van der Waals surface area contributed by atoms with Gasteiger partial charge in [0.25, 0.3) is 5.91 Å². The van der Waals surface area contributed by atoms with E-state index < -0.39 is 12.0 Å². The molecule has 0 radical (unpaired) electrons. The van der Waals surface area contributed by atoms with Crippen molar-refractivity contribution < 1.29 is 19.1 Å². The van der Waals surface area contributed by atoms with Crippen molar-refractivity contribution in [2.24, 2.45) is 0 Å². The summed E-state index contributed by atoms with van der Waals surface area (Å²) in [4.78, 5) is 28.6. The van der Waals surface area contributed by atoms with Crippen LogP contribution < -0.4 is 9.64 Å². The zero-order chi connectivity index (χ0) is 26.3. The third-order valence-corrected chi connectivity index (χ3v) is 6.21. The molecule has 2 amide bonds. The van der Waals surface area contributed by atoms with Crippen LogP contribution in [0.3, 0.4) is 0 Å². The molecule has 190 valence electrons. The molecule has 0 unspecified atom stereocenters. The van der Waals surface area contributed by atoms with E-state index in [4.69, 9.17) is 9.47 Å². The monoisotopic (exact) mass is 504 g/mol. The number of amides is 2. The Labute approximate surface area is 222 Å². The van der Waals surface area contributed by atoms with Crippen molar-refractivity contribution in [3.05, 3.63) is 126 Å². The average Bonchev–Trinajstić information content (AvgIpc) is 3.22. The smallest absolute Gasteiger partial charge is 0.422 e. The maximum absolute atomic E-state index is 12.9. The van der Waals surface area contributed by atoms with Gasteiger partial charge in [0.1, 0.15) is 5.75 Å². The van der Waals surface area contributed by atoms with Crippen LogP contribution in [0.1, 0.15) is 18.1 Å². The lowest BCUT2D eigenvalue weighted by atomic mass is 10.1. The van der Waals surface area contributed by atoms with Crippen LogP contribution in [0.2, 0.25) is 0 Å². The van der Waals surface area contributed by atoms with E-state index in [0.29, 0.717) is 13.0 Å². The Morgan fingerprint density at radius 3 is 1.92 bits per heavy atom. The summed E-state index contributed by atoms with van der Waals surface area (Å²) in [6, 6.07) is 35.6. The SMILES string of the molecule is CCOc1ccc(CCN2C(=O)O/C(=C/c3ccc(N(c4ccccc4)c4ccccc4)cc3)C2=O)cc1. The fraction of sp³-hybridized carbons (Fsp3) is 0.125. The molecule has 0 N–H and O–H groups in total. The van der Waals surface area contributed by atoms with Crippen molar-refractivity contribution in [1.29, 1.82) is 0 Å². The molecule has 4 aromatic carbocycles. The van der Waals surface area contributed by atoms with Gasteiger partial charge < -0.3 is 14.4 Å². The van der Waals surface area contributed by atoms with Crippen LogP contribution in [0.5, 0.6) is 5.75 Å². The molecular formula is C32H28N2O4. The molecule has 1 saturated heterocycles. The van der Waals surface area contributed by atoms with E-state index in [1.807, 2.05) is 91.9 Å². The number of imide groups is 1. The number of anilines is 3. The summed E-state index contributed by atoms with van der Waals surface area (Å²) >= 11 is 0. The lowest BCUT2D eigenvalue weighted by Gasteiger charge is -2.25. The highest BCUT2D eigenvalue weighted by Crippen LogP contribution is 2.34. The number of para-hydroxylation sites is 2. The first-order valence-corrected chi connectivity index (χ1v) is 12.6. The molecule has 1 heterocycles. The first-order chi connectivity index (χ1) is 18.6. The Bertz CT molecular complexity index is 1380. The zero-order valence-corrected chi connectivity index (χ0v) is 21.1. The van der Waals surface area contributed by atoms with Crippen molar-refractivity contribution in [3.8, 4) is 5.75 Å². The molecule has 0 atom stereocenters. The van der Waals surface area contributed by atoms with Crippen molar-refractivity contribution in [3.63, 3.8) is 0 Å². The number of ether oxygens (including phenoxy) is 2. The van der Waals surface area contributed by atoms with E-state index in [0.717, 1.165) is 38.8 Å². The van der Waals surface area contributed by atoms with Crippen LogP contribution in [0.15, 0.2) is 115 Å². The largest absolute Gasteiger partial charge is 0.494 e. The van der Waals surface area contributed by atoms with Crippen LogP contribution in [0, 0.1) is 0 Å². The number of benzene rings is 4. The average molecular weight is 505 g/mol. The highest BCUT2D eigenvalue weighted by atomic mass is 16.6. The number of carbonyl (C=O) groups is 2. The van der Waals surface area contributed by atoms with Gasteiger partial charge in [-0.3, -0.25) is 4.79 Å². The number of hydrogen-bond donors (Lipinski definition) is 0. The molecule has 1 fully saturated rings. The van der Waals surface area contributed by atoms with Gasteiger partial charge in [-0.2, -0.15) is 0 Å². The lowest BCUT2D eigenvalue weighted by Crippen LogP contribution is -2.30. The lowest BCUT2D eigenvalue weighted by molar-refractivity contribution is -0.123. The summed E-state index contributed by atoms with van der Waals surface area (Å²) in [5.41, 5.74) is 4.81. The minimum absolute atomic E-state index is 0.0254. The van der Waals surface area contributed by atoms with Crippen LogP contribution in [-0.4, -0.2) is 30.1 Å². The standard InChI is InChI=1S/C32H28N2O4/c1-2-37-29-19-15-24(16-20-29)21-22-33-31(35)30(38-32(33)36)23-25-13-17-28(18-14-25)34(26-9-5-3-6-10-26)27-11-7-4-8-12-27/h3-20,23H,2,21-22H2,1H3/b30-23+. The number of cyclic esters (lactones) is 1. The Morgan fingerprint density at radius 2 is 1.34 bits per heavy atom. The molecule has 0 saturated carbocycles. The van der Waals surface area contributed by atoms with Crippen LogP contribution in [-0.2, 0) is 16.0 Å². The predicted octanol–water partition coefficient (Wildman–Crippen LogP) is 7.12. The van der Waals surface area contributed by atoms with E-state index in [-0.39, 0.29) is 12.3 Å². The molecule has 0 aromatic heterocycles. The summed E-state index contributed by atoms with van der Waals surface area (Å²) in [7, 11) is 0. The van der Waals surface area contributed by atoms with Gasteiger partial charge in [-0.1, -0.05) is 60.7 Å². The van der Waals surface area contributed by atoms with Gasteiger partial charge >= 0.3 is 6.09 Å². The van der Waals surface area contributed by atoms with E-state index in [1.54, 1.807) is 6.08 Å². The third-order valence-electron chi connectivity index (χ3n) is 6.21. The van der Waals surface area contributed by atoms with Crippen molar-refractivity contribution in [2.75, 3.05) is 18.1 Å². The van der Waals surface area contributed by atoms with Gasteiger partial charge in [0.2, 0.25) is 0 Å². The summed E-state index contributed by atoms with van der Waals surface area (Å²) in [6.45, 7) is 2.77. The molecule has 5 rings (SSSR count). The van der Waals surface area contributed by atoms with Crippen LogP contribution in [0.4, 0.5) is 21.9 Å². The number of nitrogens with zero attached hydrogens (tertiary/aromatic N) is 2. The van der Waals surface area contributed by atoms with E-state index in [9.17, 15) is 9.59 Å². The normalized spacial score (nSPS) is 14.0. The molecule has 6 nitrogen and oxygen atoms in total. The second kappa shape index (κ2) is 11.5. The van der Waals surface area contributed by atoms with E-state index >= 15 is 0 Å². The number of carbonyl (C=O) groups excluding carboxylic acids is 2. The quantitative estimate of drug-likeness (QED) is 0.227. The minimum atomic E-state index is -0.650. The topological polar surface area (TPSA) is 59.1 Å². The summed E-state index contributed by atoms with van der Waals surface area (Å²) in [5, 5.41) is 0. The van der Waals surface area contributed by atoms with Gasteiger partial charge in [-0.05, 0) is 79.1 Å². The predicted molar refractivity (Wildman–Crippen MR) is 149 cm³/mol. The highest BCUT2D eigenvalue weighted by molar-refractivity contribution is 6.09. The maximum atomic E-state index is 12.9. The van der Waals surface area contributed by atoms with Gasteiger partial charge in [-0.15, -0.1) is 0 Å². The molecule has 0 spiro atoms. The molecule has 0 bridgehead atoms. The highest BCUT2D eigenvalue weighted by Gasteiger charge is 2.36. The number of rotatable bonds is 9. The Morgan fingerprint density at radius 1 is 0.763 bits per heavy atom. The molecule has 0 aliphatic carbocycles. The molecule has 4 aromatic rings. The second-order valence-corrected chi connectivity index (χ2v) is 8.76. The number of hydrogen-bond acceptors (Lipinski definition) is 5. The van der Waals surface area contributed by atoms with Gasteiger partial charge in [0.15, 0.2) is 5.76 Å². The van der Waals surface area contributed by atoms with Crippen molar-refractivity contribution in [1.82, 2.24) is 4.90 Å². The molecule has 38 heavy (non-hydrogen) atoms. The molecule has 1 aliphatic rings. The summed E-state index contributed by atoms with van der Waals surface area (Å²) in [6.07, 6.45) is 1.49. The molecule has 1 aliphatic heterocycles. The van der Waals surface area contributed by atoms with Gasteiger partial charge in [-0.25, -0.2) is 9.69 Å². The fourth-order valence-electron chi connectivity index (χ4n) is 4.33. The summed E-state index contributed by atoms with van der Waals surface area (Å²) < 4.78 is 10.8. The Hall–Kier alpha value is -4.84. The fourth-order valence-corrected chi connectivity index (χ4v) is 4.33. The summed E-state index contributed by atoms with van der Waals surface area (Å²) in [5.74, 6) is 0.387. The Kier molecular flexibility index (Phi) is 7.50. The van der Waals surface area contributed by atoms with Crippen LogP contribution in [0.25, 0.3) is 6.08 Å². The van der Waals surface area contributed by atoms with E-state index in [2.05, 4.69) is 29.2 Å². The first kappa shape index (κ1) is 24.8. The maximum Gasteiger partial charge on any atom is 0.422 e. The van der Waals surface area contributed by atoms with Crippen molar-refractivity contribution in [2.45, 2.75) is 13.3 Å². The second-order valence-electron chi connectivity index (χ2n) is 8.76. The molecular weight excluding hydrogens is 476 g/mol. The van der Waals surface area contributed by atoms with Crippen LogP contribution >= 0.6 is 0 Å². The van der Waals surface area contributed by atoms with E-state index in [1.165, 1.54) is 0 Å². The first-order valence-electron chi connectivity index (χ1n) is 12.6. The van der Waals surface area contributed by atoms with Crippen molar-refractivity contribution >= 4 is 35.1 Å². The molecule has 6 heteroatoms. The Balaban J connectivity index is 1.30. The third kappa shape index (κ3) is 5.60. The van der Waals surface area contributed by atoms with Gasteiger partial charge in [0, 0.05) is 23.6 Å². The van der Waals surface area contributed by atoms with Gasteiger partial charge in [0.05, 0.1) is 6.61 Å². The minimum Gasteiger partial charge on any atom is -0.494 e. The zero-order valence-electron chi connectivity index (χ0n) is 21.1.